The molecule has 0 bridgehead atoms. The minimum atomic E-state index is -4.40. The van der Waals surface area contributed by atoms with E-state index in [9.17, 15) is 18.0 Å². The molecule has 4 N–H and O–H groups in total. The van der Waals surface area contributed by atoms with Crippen LogP contribution in [0.2, 0.25) is 0 Å². The third-order valence-electron chi connectivity index (χ3n) is 6.42. The monoisotopic (exact) mass is 403 g/mol. The van der Waals surface area contributed by atoms with Gasteiger partial charge in [0.25, 0.3) is 0 Å². The molecule has 7 heteroatoms. The zero-order chi connectivity index (χ0) is 20.6. The molecule has 0 aliphatic carbocycles. The Balaban J connectivity index is 1.88. The molecule has 2 aromatic carbocycles. The van der Waals surface area contributed by atoms with Crippen LogP contribution in [0.1, 0.15) is 51.8 Å². The molecule has 1 saturated heterocycles. The Morgan fingerprint density at radius 2 is 1.76 bits per heavy atom. The summed E-state index contributed by atoms with van der Waals surface area (Å²) in [4.78, 5) is 11.8. The summed E-state index contributed by atoms with van der Waals surface area (Å²) in [7, 11) is 0. The SMILES string of the molecule is NC(=O)c1cccc2c1CNC2C1(C(c2ccccc2)C(F)(F)F)CCNCC1. The number of nitrogens with one attached hydrogen (secondary N) is 2. The number of rotatable bonds is 4. The van der Waals surface area contributed by atoms with Crippen molar-refractivity contribution < 1.29 is 18.0 Å². The standard InChI is InChI=1S/C22H24F3N3O/c23-22(24,25)18(14-5-2-1-3-6-14)21(9-11-27-12-10-21)19-15-7-4-8-16(20(26)29)17(15)13-28-19/h1-8,18-19,27-28H,9-13H2,(H2,26,29). The summed E-state index contributed by atoms with van der Waals surface area (Å²) in [5, 5.41) is 6.52. The summed E-state index contributed by atoms with van der Waals surface area (Å²) < 4.78 is 43.6. The quantitative estimate of drug-likeness (QED) is 0.730. The molecule has 1 fully saturated rings. The number of carbonyl (C=O) groups is 1. The molecule has 2 heterocycles. The summed E-state index contributed by atoms with van der Waals surface area (Å²) in [6, 6.07) is 12.8. The Labute approximate surface area is 167 Å². The fourth-order valence-electron chi connectivity index (χ4n) is 5.26. The lowest BCUT2D eigenvalue weighted by molar-refractivity contribution is -0.187. The van der Waals surface area contributed by atoms with Crippen molar-refractivity contribution in [2.45, 2.75) is 37.5 Å². The maximum Gasteiger partial charge on any atom is 0.396 e. The molecule has 0 radical (unpaired) electrons. The average Bonchev–Trinajstić information content (AvgIpc) is 3.13. The predicted octanol–water partition coefficient (Wildman–Crippen LogP) is 3.65. The Morgan fingerprint density at radius 1 is 1.07 bits per heavy atom. The summed E-state index contributed by atoms with van der Waals surface area (Å²) in [6.45, 7) is 1.37. The van der Waals surface area contributed by atoms with Gasteiger partial charge in [0, 0.05) is 23.6 Å². The minimum Gasteiger partial charge on any atom is -0.366 e. The third kappa shape index (κ3) is 3.42. The van der Waals surface area contributed by atoms with Crippen LogP contribution in [0, 0.1) is 5.41 Å². The number of alkyl halides is 3. The van der Waals surface area contributed by atoms with Crippen LogP contribution in [0.3, 0.4) is 0 Å². The van der Waals surface area contributed by atoms with E-state index in [1.807, 2.05) is 6.07 Å². The average molecular weight is 403 g/mol. The number of carbonyl (C=O) groups excluding carboxylic acids is 1. The van der Waals surface area contributed by atoms with E-state index >= 15 is 0 Å². The van der Waals surface area contributed by atoms with Gasteiger partial charge in [-0.25, -0.2) is 0 Å². The molecule has 2 atom stereocenters. The van der Waals surface area contributed by atoms with Gasteiger partial charge >= 0.3 is 6.18 Å². The number of piperidine rings is 1. The molecule has 2 aliphatic heterocycles. The van der Waals surface area contributed by atoms with Gasteiger partial charge in [0.2, 0.25) is 5.91 Å². The van der Waals surface area contributed by atoms with Gasteiger partial charge in [-0.1, -0.05) is 42.5 Å². The van der Waals surface area contributed by atoms with Crippen LogP contribution in [0.25, 0.3) is 0 Å². The number of primary amides is 1. The summed E-state index contributed by atoms with van der Waals surface area (Å²) in [6.07, 6.45) is -3.64. The highest BCUT2D eigenvalue weighted by atomic mass is 19.4. The zero-order valence-electron chi connectivity index (χ0n) is 15.9. The van der Waals surface area contributed by atoms with Gasteiger partial charge in [0.1, 0.15) is 0 Å². The number of amides is 1. The lowest BCUT2D eigenvalue weighted by Crippen LogP contribution is -2.51. The van der Waals surface area contributed by atoms with Gasteiger partial charge in [-0.15, -0.1) is 0 Å². The van der Waals surface area contributed by atoms with Crippen molar-refractivity contribution in [3.8, 4) is 0 Å². The lowest BCUT2D eigenvalue weighted by Gasteiger charge is -2.49. The van der Waals surface area contributed by atoms with Gasteiger partial charge in [-0.2, -0.15) is 13.2 Å². The molecule has 29 heavy (non-hydrogen) atoms. The highest BCUT2D eigenvalue weighted by molar-refractivity contribution is 5.94. The van der Waals surface area contributed by atoms with Crippen molar-refractivity contribution >= 4 is 5.91 Å². The van der Waals surface area contributed by atoms with Crippen molar-refractivity contribution in [3.63, 3.8) is 0 Å². The molecule has 0 spiro atoms. The van der Waals surface area contributed by atoms with Crippen molar-refractivity contribution in [1.82, 2.24) is 10.6 Å². The van der Waals surface area contributed by atoms with Gasteiger partial charge in [-0.3, -0.25) is 4.79 Å². The Morgan fingerprint density at radius 3 is 2.38 bits per heavy atom. The normalized spacial score (nSPS) is 22.1. The zero-order valence-corrected chi connectivity index (χ0v) is 15.9. The topological polar surface area (TPSA) is 67.2 Å². The van der Waals surface area contributed by atoms with Crippen molar-refractivity contribution in [3.05, 3.63) is 70.8 Å². The van der Waals surface area contributed by atoms with Gasteiger partial charge in [0.05, 0.1) is 5.92 Å². The molecular weight excluding hydrogens is 379 g/mol. The Kier molecular flexibility index (Phi) is 5.12. The Bertz CT molecular complexity index is 892. The van der Waals surface area contributed by atoms with E-state index in [0.29, 0.717) is 38.0 Å². The number of benzene rings is 2. The number of hydrogen-bond donors (Lipinski definition) is 3. The number of halogens is 3. The highest BCUT2D eigenvalue weighted by Crippen LogP contribution is 2.59. The number of hydrogen-bond acceptors (Lipinski definition) is 3. The molecule has 0 aromatic heterocycles. The number of fused-ring (bicyclic) bond motifs is 1. The molecule has 4 rings (SSSR count). The molecule has 0 saturated carbocycles. The van der Waals surface area contributed by atoms with Gasteiger partial charge in [0.15, 0.2) is 0 Å². The first-order valence-corrected chi connectivity index (χ1v) is 9.82. The smallest absolute Gasteiger partial charge is 0.366 e. The number of nitrogens with two attached hydrogens (primary N) is 1. The van der Waals surface area contributed by atoms with Crippen molar-refractivity contribution in [2.24, 2.45) is 11.1 Å². The fraction of sp³-hybridized carbons (Fsp3) is 0.409. The van der Waals surface area contributed by atoms with Crippen LogP contribution in [0.15, 0.2) is 48.5 Å². The first-order valence-electron chi connectivity index (χ1n) is 9.82. The van der Waals surface area contributed by atoms with E-state index < -0.39 is 29.5 Å². The van der Waals surface area contributed by atoms with Crippen molar-refractivity contribution in [1.29, 1.82) is 0 Å². The summed E-state index contributed by atoms with van der Waals surface area (Å²) >= 11 is 0. The second-order valence-corrected chi connectivity index (χ2v) is 7.92. The molecule has 2 aliphatic rings. The minimum absolute atomic E-state index is 0.281. The van der Waals surface area contributed by atoms with Crippen LogP contribution < -0.4 is 16.4 Å². The first kappa shape index (κ1) is 19.9. The predicted molar refractivity (Wildman–Crippen MR) is 104 cm³/mol. The molecular formula is C22H24F3N3O. The second kappa shape index (κ2) is 7.46. The first-order chi connectivity index (χ1) is 13.8. The maximum atomic E-state index is 14.5. The van der Waals surface area contributed by atoms with Gasteiger partial charge in [-0.05, 0) is 48.7 Å². The third-order valence-corrected chi connectivity index (χ3v) is 6.42. The van der Waals surface area contributed by atoms with Crippen LogP contribution in [0.5, 0.6) is 0 Å². The highest BCUT2D eigenvalue weighted by Gasteiger charge is 2.58. The molecule has 1 amide bonds. The van der Waals surface area contributed by atoms with Gasteiger partial charge < -0.3 is 16.4 Å². The fourth-order valence-corrected chi connectivity index (χ4v) is 5.26. The Hall–Kier alpha value is -2.38. The van der Waals surface area contributed by atoms with E-state index in [-0.39, 0.29) is 5.56 Å². The molecule has 2 aromatic rings. The van der Waals surface area contributed by atoms with E-state index in [1.165, 1.54) is 0 Å². The lowest BCUT2D eigenvalue weighted by atomic mass is 9.60. The van der Waals surface area contributed by atoms with E-state index in [4.69, 9.17) is 5.73 Å². The summed E-state index contributed by atoms with van der Waals surface area (Å²) in [5.41, 5.74) is 6.58. The maximum absolute atomic E-state index is 14.5. The molecule has 154 valence electrons. The van der Waals surface area contributed by atoms with E-state index in [2.05, 4.69) is 10.6 Å². The van der Waals surface area contributed by atoms with Crippen LogP contribution in [-0.4, -0.2) is 25.2 Å². The van der Waals surface area contributed by atoms with Crippen LogP contribution >= 0.6 is 0 Å². The summed E-state index contributed by atoms with van der Waals surface area (Å²) in [5.74, 6) is -2.17. The molecule has 4 nitrogen and oxygen atoms in total. The van der Waals surface area contributed by atoms with E-state index in [1.54, 1.807) is 42.5 Å². The second-order valence-electron chi connectivity index (χ2n) is 7.92. The largest absolute Gasteiger partial charge is 0.396 e. The van der Waals surface area contributed by atoms with Crippen molar-refractivity contribution in [2.75, 3.05) is 13.1 Å². The van der Waals surface area contributed by atoms with Crippen LogP contribution in [0.4, 0.5) is 13.2 Å². The van der Waals surface area contributed by atoms with E-state index in [0.717, 1.165) is 11.1 Å². The van der Waals surface area contributed by atoms with Crippen LogP contribution in [-0.2, 0) is 6.54 Å². The molecule has 2 unspecified atom stereocenters.